The van der Waals surface area contributed by atoms with Crippen molar-refractivity contribution in [1.29, 1.82) is 0 Å². The first-order chi connectivity index (χ1) is 12.1. The summed E-state index contributed by atoms with van der Waals surface area (Å²) < 4.78 is 76.5. The van der Waals surface area contributed by atoms with Gasteiger partial charge in [-0.2, -0.15) is 26.3 Å². The Morgan fingerprint density at radius 1 is 0.815 bits per heavy atom. The van der Waals surface area contributed by atoms with E-state index in [4.69, 9.17) is 5.11 Å². The van der Waals surface area contributed by atoms with Crippen LogP contribution in [-0.4, -0.2) is 32.5 Å². The summed E-state index contributed by atoms with van der Waals surface area (Å²) in [6.45, 7) is -0.0637. The third-order valence-electron chi connectivity index (χ3n) is 3.36. The Kier molecular flexibility index (Phi) is 8.72. The van der Waals surface area contributed by atoms with Crippen LogP contribution >= 0.6 is 0 Å². The number of aliphatic hydroxyl groups is 1. The first-order valence-corrected chi connectivity index (χ1v) is 7.19. The van der Waals surface area contributed by atoms with Crippen LogP contribution in [0.4, 0.5) is 26.3 Å². The zero-order chi connectivity index (χ0) is 19.4. The zero-order valence-electron chi connectivity index (χ0n) is 13.4. The molecule has 0 spiro atoms. The second kappa shape index (κ2) is 9.68. The zero-order valence-corrected chi connectivity index (χ0v) is 15.1. The fourth-order valence-corrected chi connectivity index (χ4v) is 2.02. The van der Waals surface area contributed by atoms with Gasteiger partial charge in [0.25, 0.3) is 0 Å². The molecule has 0 unspecified atom stereocenters. The Labute approximate surface area is 166 Å². The number of aromatic nitrogens is 3. The normalized spacial score (nSPS) is 18.8. The second-order valence-corrected chi connectivity index (χ2v) is 5.26. The standard InChI is InChI=1S/C11H8F6N3O.C5H5.Ru/c12-10(13,14)9(21,11(15,16)17)8-6-20(19-18-8)5-7-3-1-2-4-7;1-2-4-5-3-1;/h1-4,6,21H,5H2;1-5H;/q;;+2. The summed E-state index contributed by atoms with van der Waals surface area (Å²) in [7, 11) is 0. The van der Waals surface area contributed by atoms with Crippen molar-refractivity contribution in [3.05, 3.63) is 75.6 Å². The summed E-state index contributed by atoms with van der Waals surface area (Å²) in [5.74, 6) is 0.619. The van der Waals surface area contributed by atoms with E-state index in [0.717, 1.165) is 4.68 Å². The van der Waals surface area contributed by atoms with Crippen molar-refractivity contribution in [3.8, 4) is 0 Å². The fraction of sp³-hybridized carbons (Fsp3) is 0.250. The van der Waals surface area contributed by atoms with E-state index in [1.807, 2.05) is 32.1 Å². The van der Waals surface area contributed by atoms with Crippen LogP contribution in [0.5, 0.6) is 0 Å². The van der Waals surface area contributed by atoms with E-state index < -0.39 is 23.6 Å². The molecule has 2 fully saturated rings. The average Bonchev–Trinajstić information content (AvgIpc) is 3.29. The van der Waals surface area contributed by atoms with Crippen molar-refractivity contribution in [2.75, 3.05) is 0 Å². The first-order valence-electron chi connectivity index (χ1n) is 7.19. The van der Waals surface area contributed by atoms with Gasteiger partial charge in [-0.3, -0.25) is 4.68 Å². The Hall–Kier alpha value is -0.697. The van der Waals surface area contributed by atoms with Crippen LogP contribution in [0.25, 0.3) is 0 Å². The van der Waals surface area contributed by atoms with Crippen LogP contribution in [0.2, 0.25) is 0 Å². The topological polar surface area (TPSA) is 50.9 Å². The minimum Gasteiger partial charge on any atom is -0.368 e. The van der Waals surface area contributed by atoms with Gasteiger partial charge < -0.3 is 5.11 Å². The van der Waals surface area contributed by atoms with Crippen LogP contribution in [0.1, 0.15) is 5.69 Å². The molecular weight excluding hydrogens is 465 g/mol. The molecular formula is C16H13F6N3ORu+2. The first kappa shape index (κ1) is 24.3. The number of halogens is 6. The van der Waals surface area contributed by atoms with E-state index in [1.165, 1.54) is 0 Å². The summed E-state index contributed by atoms with van der Waals surface area (Å²) in [6, 6.07) is 0. The molecule has 4 nitrogen and oxygen atoms in total. The Bertz CT molecular complexity index is 544. The Morgan fingerprint density at radius 2 is 1.26 bits per heavy atom. The molecule has 2 aliphatic carbocycles. The van der Waals surface area contributed by atoms with E-state index >= 15 is 0 Å². The fourth-order valence-electron chi connectivity index (χ4n) is 2.02. The Morgan fingerprint density at radius 3 is 1.67 bits per heavy atom. The van der Waals surface area contributed by atoms with Crippen molar-refractivity contribution in [2.24, 2.45) is 0 Å². The van der Waals surface area contributed by atoms with Crippen LogP contribution in [0.15, 0.2) is 6.20 Å². The van der Waals surface area contributed by atoms with Gasteiger partial charge in [0, 0.05) is 12.5 Å². The van der Waals surface area contributed by atoms with Gasteiger partial charge in [-0.15, -0.1) is 5.10 Å². The number of alkyl halides is 6. The molecule has 3 rings (SSSR count). The molecule has 0 aromatic carbocycles. The molecule has 2 saturated carbocycles. The van der Waals surface area contributed by atoms with Gasteiger partial charge in [0.1, 0.15) is 5.69 Å². The molecule has 1 aromatic heterocycles. The number of hydrogen-bond acceptors (Lipinski definition) is 3. The predicted molar refractivity (Wildman–Crippen MR) is 78.0 cm³/mol. The molecule has 1 N–H and O–H groups in total. The van der Waals surface area contributed by atoms with E-state index in [2.05, 4.69) is 10.3 Å². The van der Waals surface area contributed by atoms with Crippen molar-refractivity contribution < 1.29 is 50.9 Å². The third kappa shape index (κ3) is 5.89. The quantitative estimate of drug-likeness (QED) is 0.537. The van der Waals surface area contributed by atoms with Crippen LogP contribution in [-0.2, 0) is 31.6 Å². The molecule has 2 aliphatic rings. The van der Waals surface area contributed by atoms with Crippen LogP contribution in [0, 0.1) is 63.7 Å². The third-order valence-corrected chi connectivity index (χ3v) is 3.36. The summed E-state index contributed by atoms with van der Waals surface area (Å²) in [5.41, 5.74) is -6.67. The van der Waals surface area contributed by atoms with Gasteiger partial charge in [-0.05, 0) is 57.8 Å². The predicted octanol–water partition coefficient (Wildman–Crippen LogP) is 3.01. The van der Waals surface area contributed by atoms with Crippen molar-refractivity contribution >= 4 is 0 Å². The molecule has 1 heterocycles. The molecule has 11 heteroatoms. The molecule has 0 saturated heterocycles. The molecule has 1 aromatic rings. The monoisotopic (exact) mass is 479 g/mol. The molecule has 0 bridgehead atoms. The van der Waals surface area contributed by atoms with Crippen LogP contribution in [0.3, 0.4) is 0 Å². The number of rotatable bonds is 3. The maximum absolute atomic E-state index is 12.6. The van der Waals surface area contributed by atoms with Crippen molar-refractivity contribution in [2.45, 2.75) is 24.5 Å². The van der Waals surface area contributed by atoms with Crippen LogP contribution < -0.4 is 0 Å². The molecule has 10 radical (unpaired) electrons. The molecule has 27 heavy (non-hydrogen) atoms. The van der Waals surface area contributed by atoms with Crippen molar-refractivity contribution in [1.82, 2.24) is 15.0 Å². The van der Waals surface area contributed by atoms with E-state index in [-0.39, 0.29) is 26.0 Å². The van der Waals surface area contributed by atoms with Gasteiger partial charge in [-0.1, -0.05) is 5.21 Å². The smallest absolute Gasteiger partial charge is 0.368 e. The minimum absolute atomic E-state index is 0. The summed E-state index contributed by atoms with van der Waals surface area (Å²) >= 11 is 0. The maximum atomic E-state index is 12.6. The number of nitrogens with zero attached hydrogens (tertiary/aromatic N) is 3. The van der Waals surface area contributed by atoms with Gasteiger partial charge in [0.15, 0.2) is 0 Å². The average molecular weight is 478 g/mol. The van der Waals surface area contributed by atoms with E-state index in [0.29, 0.717) is 12.1 Å². The minimum atomic E-state index is -5.97. The van der Waals surface area contributed by atoms with Gasteiger partial charge in [0.05, 0.1) is 6.20 Å². The van der Waals surface area contributed by atoms with Crippen molar-refractivity contribution in [3.63, 3.8) is 0 Å². The van der Waals surface area contributed by atoms with E-state index in [9.17, 15) is 26.3 Å². The van der Waals surface area contributed by atoms with Gasteiger partial charge >= 0.3 is 37.4 Å². The molecule has 146 valence electrons. The van der Waals surface area contributed by atoms with Gasteiger partial charge in [0.2, 0.25) is 0 Å². The van der Waals surface area contributed by atoms with Gasteiger partial charge in [-0.25, -0.2) is 0 Å². The summed E-state index contributed by atoms with van der Waals surface area (Å²) in [5, 5.41) is 15.1. The second-order valence-electron chi connectivity index (χ2n) is 5.26. The molecule has 0 amide bonds. The molecule has 0 aliphatic heterocycles. The SMILES string of the molecule is OC(c1cn(C[C]2[CH][CH][CH][CH]2)nn1)(C(F)(F)F)C(F)(F)F.[CH]1[CH][CH][CH][CH]1.[Ru+2]. The largest absolute Gasteiger partial charge is 2.00 e. The summed E-state index contributed by atoms with van der Waals surface area (Å²) in [4.78, 5) is 0. The number of hydrogen-bond donors (Lipinski definition) is 1. The molecule has 0 atom stereocenters. The Balaban J connectivity index is 0.000000526. The van der Waals surface area contributed by atoms with E-state index in [1.54, 1.807) is 25.7 Å². The summed E-state index contributed by atoms with van der Waals surface area (Å²) in [6.07, 6.45) is 5.01. The maximum Gasteiger partial charge on any atom is 2.00 e.